The molecular weight excluding hydrogens is 292 g/mol. The number of amides is 1. The summed E-state index contributed by atoms with van der Waals surface area (Å²) in [4.78, 5) is 16.1. The Labute approximate surface area is 137 Å². The van der Waals surface area contributed by atoms with Crippen molar-refractivity contribution in [3.8, 4) is 5.75 Å². The van der Waals surface area contributed by atoms with E-state index in [1.54, 1.807) is 30.3 Å². The van der Waals surface area contributed by atoms with Crippen molar-refractivity contribution in [3.05, 3.63) is 54.0 Å². The summed E-state index contributed by atoms with van der Waals surface area (Å²) >= 11 is 0. The summed E-state index contributed by atoms with van der Waals surface area (Å²) in [5, 5.41) is 9.97. The molecule has 23 heavy (non-hydrogen) atoms. The summed E-state index contributed by atoms with van der Waals surface area (Å²) in [5.74, 6) is 1.07. The minimum absolute atomic E-state index is 0.0435. The predicted molar refractivity (Wildman–Crippen MR) is 88.8 cm³/mol. The van der Waals surface area contributed by atoms with Gasteiger partial charge in [0.2, 0.25) is 5.91 Å². The van der Waals surface area contributed by atoms with Gasteiger partial charge in [0.15, 0.2) is 0 Å². The fourth-order valence-electron chi connectivity index (χ4n) is 2.27. The molecule has 5 heteroatoms. The number of rotatable bonds is 7. The van der Waals surface area contributed by atoms with E-state index in [4.69, 9.17) is 4.42 Å². The number of carbonyl (C=O) groups excluding carboxylic acids is 1. The van der Waals surface area contributed by atoms with Crippen LogP contribution in [0, 0.1) is 0 Å². The van der Waals surface area contributed by atoms with E-state index < -0.39 is 0 Å². The van der Waals surface area contributed by atoms with Crippen LogP contribution in [0.4, 0.5) is 0 Å². The Kier molecular flexibility index (Phi) is 5.82. The van der Waals surface area contributed by atoms with Crippen molar-refractivity contribution in [2.24, 2.45) is 0 Å². The van der Waals surface area contributed by atoms with Crippen molar-refractivity contribution < 1.29 is 14.3 Å². The minimum Gasteiger partial charge on any atom is -0.508 e. The largest absolute Gasteiger partial charge is 0.508 e. The molecule has 0 fully saturated rings. The quantitative estimate of drug-likeness (QED) is 0.853. The van der Waals surface area contributed by atoms with Crippen LogP contribution in [0.5, 0.6) is 5.75 Å². The van der Waals surface area contributed by atoms with E-state index in [2.05, 4.69) is 0 Å². The lowest BCUT2D eigenvalue weighted by molar-refractivity contribution is -0.132. The zero-order valence-corrected chi connectivity index (χ0v) is 13.9. The first-order chi connectivity index (χ1) is 11.0. The van der Waals surface area contributed by atoms with Crippen LogP contribution in [0.1, 0.15) is 25.2 Å². The van der Waals surface area contributed by atoms with Crippen molar-refractivity contribution in [1.82, 2.24) is 9.80 Å². The van der Waals surface area contributed by atoms with Crippen molar-refractivity contribution in [2.45, 2.75) is 33.0 Å². The molecule has 1 aromatic heterocycles. The molecule has 0 atom stereocenters. The SMILES string of the molecule is CC(C)N(C)C(=O)CN(Cc1ccco1)Cc1ccccc1O. The zero-order valence-electron chi connectivity index (χ0n) is 13.9. The molecule has 2 rings (SSSR count). The third kappa shape index (κ3) is 4.86. The Morgan fingerprint density at radius 3 is 2.52 bits per heavy atom. The van der Waals surface area contributed by atoms with Gasteiger partial charge < -0.3 is 14.4 Å². The summed E-state index contributed by atoms with van der Waals surface area (Å²) in [6, 6.07) is 11.0. The highest BCUT2D eigenvalue weighted by atomic mass is 16.3. The Morgan fingerprint density at radius 2 is 1.91 bits per heavy atom. The van der Waals surface area contributed by atoms with Gasteiger partial charge in [-0.2, -0.15) is 0 Å². The molecule has 1 N–H and O–H groups in total. The third-order valence-corrected chi connectivity index (χ3v) is 3.87. The number of nitrogens with zero attached hydrogens (tertiary/aromatic N) is 2. The first-order valence-electron chi connectivity index (χ1n) is 7.74. The second-order valence-corrected chi connectivity index (χ2v) is 5.95. The molecular formula is C18H24N2O3. The fraction of sp³-hybridized carbons (Fsp3) is 0.389. The van der Waals surface area contributed by atoms with Crippen LogP contribution in [0.2, 0.25) is 0 Å². The summed E-state index contributed by atoms with van der Waals surface area (Å²) < 4.78 is 5.39. The molecule has 0 spiro atoms. The number of carbonyl (C=O) groups is 1. The Bertz CT molecular complexity index is 623. The number of benzene rings is 1. The van der Waals surface area contributed by atoms with E-state index in [0.717, 1.165) is 11.3 Å². The Morgan fingerprint density at radius 1 is 1.17 bits per heavy atom. The molecule has 0 unspecified atom stereocenters. The van der Waals surface area contributed by atoms with Crippen LogP contribution in [0.25, 0.3) is 0 Å². The number of hydrogen-bond donors (Lipinski definition) is 1. The highest BCUT2D eigenvalue weighted by molar-refractivity contribution is 5.78. The molecule has 0 aliphatic rings. The summed E-state index contributed by atoms with van der Waals surface area (Å²) in [7, 11) is 1.80. The Balaban J connectivity index is 2.11. The summed E-state index contributed by atoms with van der Waals surface area (Å²) in [6.07, 6.45) is 1.62. The smallest absolute Gasteiger partial charge is 0.236 e. The van der Waals surface area contributed by atoms with Gasteiger partial charge in [-0.25, -0.2) is 0 Å². The topological polar surface area (TPSA) is 56.9 Å². The van der Waals surface area contributed by atoms with Gasteiger partial charge in [-0.1, -0.05) is 18.2 Å². The van der Waals surface area contributed by atoms with Crippen LogP contribution >= 0.6 is 0 Å². The number of para-hydroxylation sites is 1. The fourth-order valence-corrected chi connectivity index (χ4v) is 2.27. The molecule has 124 valence electrons. The molecule has 1 amide bonds. The minimum atomic E-state index is 0.0435. The second kappa shape index (κ2) is 7.83. The maximum atomic E-state index is 12.4. The van der Waals surface area contributed by atoms with E-state index in [9.17, 15) is 9.90 Å². The van der Waals surface area contributed by atoms with Gasteiger partial charge in [0, 0.05) is 25.2 Å². The van der Waals surface area contributed by atoms with E-state index in [1.165, 1.54) is 0 Å². The van der Waals surface area contributed by atoms with Gasteiger partial charge in [-0.05, 0) is 32.0 Å². The molecule has 0 aliphatic heterocycles. The Hall–Kier alpha value is -2.27. The van der Waals surface area contributed by atoms with Gasteiger partial charge >= 0.3 is 0 Å². The number of hydrogen-bond acceptors (Lipinski definition) is 4. The van der Waals surface area contributed by atoms with Crippen LogP contribution in [0.15, 0.2) is 47.1 Å². The average Bonchev–Trinajstić information content (AvgIpc) is 3.01. The first kappa shape index (κ1) is 17.1. The number of phenolic OH excluding ortho intramolecular Hbond substituents is 1. The molecule has 0 aliphatic carbocycles. The van der Waals surface area contributed by atoms with Gasteiger partial charge in [0.05, 0.1) is 19.4 Å². The number of aromatic hydroxyl groups is 1. The predicted octanol–water partition coefficient (Wildman–Crippen LogP) is 2.85. The highest BCUT2D eigenvalue weighted by Crippen LogP contribution is 2.19. The standard InChI is InChI=1S/C18H24N2O3/c1-14(2)19(3)18(22)13-20(12-16-8-6-10-23-16)11-15-7-4-5-9-17(15)21/h4-10,14,21H,11-13H2,1-3H3. The van der Waals surface area contributed by atoms with Crippen molar-refractivity contribution in [2.75, 3.05) is 13.6 Å². The monoisotopic (exact) mass is 316 g/mol. The molecule has 1 aromatic carbocycles. The van der Waals surface area contributed by atoms with Gasteiger partial charge in [0.1, 0.15) is 11.5 Å². The normalized spacial score (nSPS) is 11.2. The van der Waals surface area contributed by atoms with E-state index in [-0.39, 0.29) is 24.2 Å². The maximum absolute atomic E-state index is 12.4. The van der Waals surface area contributed by atoms with Gasteiger partial charge in [0.25, 0.3) is 0 Å². The number of phenols is 1. The molecule has 2 aromatic rings. The molecule has 0 radical (unpaired) electrons. The van der Waals surface area contributed by atoms with E-state index in [0.29, 0.717) is 13.1 Å². The molecule has 5 nitrogen and oxygen atoms in total. The lowest BCUT2D eigenvalue weighted by atomic mass is 10.2. The second-order valence-electron chi connectivity index (χ2n) is 5.95. The highest BCUT2D eigenvalue weighted by Gasteiger charge is 2.18. The van der Waals surface area contributed by atoms with E-state index >= 15 is 0 Å². The van der Waals surface area contributed by atoms with Crippen LogP contribution in [-0.4, -0.2) is 40.4 Å². The zero-order chi connectivity index (χ0) is 16.8. The number of furan rings is 1. The first-order valence-corrected chi connectivity index (χ1v) is 7.74. The van der Waals surface area contributed by atoms with Crippen molar-refractivity contribution >= 4 is 5.91 Å². The lowest BCUT2D eigenvalue weighted by Crippen LogP contribution is -2.41. The lowest BCUT2D eigenvalue weighted by Gasteiger charge is -2.27. The number of likely N-dealkylation sites (N-methyl/N-ethyl adjacent to an activating group) is 1. The van der Waals surface area contributed by atoms with Crippen molar-refractivity contribution in [3.63, 3.8) is 0 Å². The average molecular weight is 316 g/mol. The van der Waals surface area contributed by atoms with Crippen molar-refractivity contribution in [1.29, 1.82) is 0 Å². The third-order valence-electron chi connectivity index (χ3n) is 3.87. The van der Waals surface area contributed by atoms with Crippen LogP contribution in [-0.2, 0) is 17.9 Å². The van der Waals surface area contributed by atoms with Gasteiger partial charge in [-0.15, -0.1) is 0 Å². The van der Waals surface area contributed by atoms with Crippen LogP contribution < -0.4 is 0 Å². The van der Waals surface area contributed by atoms with E-state index in [1.807, 2.05) is 43.0 Å². The summed E-state index contributed by atoms with van der Waals surface area (Å²) in [5.41, 5.74) is 0.791. The maximum Gasteiger partial charge on any atom is 0.236 e. The molecule has 0 bridgehead atoms. The van der Waals surface area contributed by atoms with Gasteiger partial charge in [-0.3, -0.25) is 9.69 Å². The summed E-state index contributed by atoms with van der Waals surface area (Å²) in [6.45, 7) is 5.23. The molecule has 0 saturated carbocycles. The van der Waals surface area contributed by atoms with Crippen LogP contribution in [0.3, 0.4) is 0 Å². The molecule has 1 heterocycles. The molecule has 0 saturated heterocycles.